The van der Waals surface area contributed by atoms with Gasteiger partial charge < -0.3 is 15.7 Å². The van der Waals surface area contributed by atoms with Gasteiger partial charge >= 0.3 is 5.97 Å². The first-order chi connectivity index (χ1) is 12.5. The Kier molecular flexibility index (Phi) is 6.91. The van der Waals surface area contributed by atoms with E-state index in [2.05, 4.69) is 10.6 Å². The van der Waals surface area contributed by atoms with E-state index in [1.807, 2.05) is 49.4 Å². The minimum atomic E-state index is -1.01. The van der Waals surface area contributed by atoms with E-state index in [9.17, 15) is 14.4 Å². The normalized spacial score (nSPS) is 11.4. The summed E-state index contributed by atoms with van der Waals surface area (Å²) in [6.07, 6.45) is -0.0426. The lowest BCUT2D eigenvalue weighted by Crippen LogP contribution is -2.39. The number of carboxylic acid groups (broad SMARTS) is 1. The smallest absolute Gasteiger partial charge is 0.305 e. The second kappa shape index (κ2) is 9.36. The summed E-state index contributed by atoms with van der Waals surface area (Å²) in [7, 11) is 0. The van der Waals surface area contributed by atoms with E-state index in [4.69, 9.17) is 5.11 Å². The van der Waals surface area contributed by atoms with Crippen molar-refractivity contribution in [1.29, 1.82) is 0 Å². The van der Waals surface area contributed by atoms with E-state index in [0.29, 0.717) is 0 Å². The molecule has 0 aliphatic rings. The zero-order valence-electron chi connectivity index (χ0n) is 14.6. The largest absolute Gasteiger partial charge is 0.481 e. The summed E-state index contributed by atoms with van der Waals surface area (Å²) in [6.45, 7) is 1.66. The van der Waals surface area contributed by atoms with Crippen LogP contribution >= 0.6 is 0 Å². The van der Waals surface area contributed by atoms with Gasteiger partial charge in [0.05, 0.1) is 25.4 Å². The number of nitrogens with one attached hydrogen (secondary N) is 2. The van der Waals surface area contributed by atoms with Crippen LogP contribution in [0.2, 0.25) is 0 Å². The second-order valence-corrected chi connectivity index (χ2v) is 6.01. The summed E-state index contributed by atoms with van der Waals surface area (Å²) in [5, 5.41) is 14.4. The van der Waals surface area contributed by atoms with Crippen molar-refractivity contribution in [3.63, 3.8) is 0 Å². The maximum absolute atomic E-state index is 12.2. The predicted molar refractivity (Wildman–Crippen MR) is 97.5 cm³/mol. The fourth-order valence-electron chi connectivity index (χ4n) is 2.66. The third-order valence-corrected chi connectivity index (χ3v) is 3.93. The van der Waals surface area contributed by atoms with E-state index in [1.54, 1.807) is 12.1 Å². The van der Waals surface area contributed by atoms with Crippen molar-refractivity contribution >= 4 is 17.8 Å². The topological polar surface area (TPSA) is 95.5 Å². The Balaban J connectivity index is 1.91. The van der Waals surface area contributed by atoms with Crippen LogP contribution in [-0.2, 0) is 20.8 Å². The van der Waals surface area contributed by atoms with Gasteiger partial charge in [0.2, 0.25) is 11.8 Å². The average Bonchev–Trinajstić information content (AvgIpc) is 2.60. The van der Waals surface area contributed by atoms with Crippen LogP contribution in [0.4, 0.5) is 0 Å². The molecule has 136 valence electrons. The molecule has 0 spiro atoms. The molecule has 0 aliphatic heterocycles. The molecular formula is C20H22N2O4. The number of carbonyl (C=O) groups is 3. The summed E-state index contributed by atoms with van der Waals surface area (Å²) < 4.78 is 0. The SMILES string of the molecule is Cc1ccccc1C(CC(=O)O)NC(=O)CNC(=O)Cc1ccccc1. The lowest BCUT2D eigenvalue weighted by atomic mass is 9.99. The lowest BCUT2D eigenvalue weighted by Gasteiger charge is -2.19. The molecule has 2 rings (SSSR count). The van der Waals surface area contributed by atoms with E-state index < -0.39 is 17.9 Å². The first-order valence-corrected chi connectivity index (χ1v) is 8.33. The Morgan fingerprint density at radius 2 is 1.62 bits per heavy atom. The van der Waals surface area contributed by atoms with Crippen molar-refractivity contribution < 1.29 is 19.5 Å². The molecule has 0 aromatic heterocycles. The van der Waals surface area contributed by atoms with Gasteiger partial charge in [-0.3, -0.25) is 14.4 Å². The van der Waals surface area contributed by atoms with Crippen molar-refractivity contribution in [2.45, 2.75) is 25.8 Å². The highest BCUT2D eigenvalue weighted by molar-refractivity contribution is 5.86. The molecule has 1 atom stereocenters. The zero-order chi connectivity index (χ0) is 18.9. The third-order valence-electron chi connectivity index (χ3n) is 3.93. The van der Waals surface area contributed by atoms with E-state index in [-0.39, 0.29) is 25.3 Å². The molecule has 0 radical (unpaired) electrons. The second-order valence-electron chi connectivity index (χ2n) is 6.01. The number of benzene rings is 2. The molecule has 1 unspecified atom stereocenters. The molecule has 2 aromatic carbocycles. The Bertz CT molecular complexity index is 774. The van der Waals surface area contributed by atoms with Crippen molar-refractivity contribution in [2.24, 2.45) is 0 Å². The van der Waals surface area contributed by atoms with E-state index in [0.717, 1.165) is 16.7 Å². The fraction of sp³-hybridized carbons (Fsp3) is 0.250. The number of rotatable bonds is 8. The molecule has 0 saturated heterocycles. The van der Waals surface area contributed by atoms with Gasteiger partial charge in [-0.25, -0.2) is 0 Å². The van der Waals surface area contributed by atoms with Crippen molar-refractivity contribution in [3.05, 3.63) is 71.3 Å². The van der Waals surface area contributed by atoms with Crippen LogP contribution in [0.3, 0.4) is 0 Å². The average molecular weight is 354 g/mol. The van der Waals surface area contributed by atoms with Gasteiger partial charge in [-0.15, -0.1) is 0 Å². The number of aryl methyl sites for hydroxylation is 1. The molecule has 26 heavy (non-hydrogen) atoms. The van der Waals surface area contributed by atoms with Crippen LogP contribution in [-0.4, -0.2) is 29.4 Å². The highest BCUT2D eigenvalue weighted by Gasteiger charge is 2.19. The standard InChI is InChI=1S/C20H22N2O4/c1-14-7-5-6-10-16(14)17(12-20(25)26)22-19(24)13-21-18(23)11-15-8-3-2-4-9-15/h2-10,17H,11-13H2,1H3,(H,21,23)(H,22,24)(H,25,26). The number of hydrogen-bond acceptors (Lipinski definition) is 3. The van der Waals surface area contributed by atoms with Crippen LogP contribution in [0.1, 0.15) is 29.2 Å². The lowest BCUT2D eigenvalue weighted by molar-refractivity contribution is -0.138. The maximum atomic E-state index is 12.2. The third kappa shape index (κ3) is 6.05. The molecular weight excluding hydrogens is 332 g/mol. The zero-order valence-corrected chi connectivity index (χ0v) is 14.6. The number of carboxylic acids is 1. The first-order valence-electron chi connectivity index (χ1n) is 8.33. The Morgan fingerprint density at radius 3 is 2.27 bits per heavy atom. The number of amides is 2. The van der Waals surface area contributed by atoms with Gasteiger partial charge in [0.15, 0.2) is 0 Å². The molecule has 6 nitrogen and oxygen atoms in total. The predicted octanol–water partition coefficient (Wildman–Crippen LogP) is 1.99. The monoisotopic (exact) mass is 354 g/mol. The Morgan fingerprint density at radius 1 is 0.962 bits per heavy atom. The molecule has 2 aromatic rings. The summed E-state index contributed by atoms with van der Waals surface area (Å²) >= 11 is 0. The van der Waals surface area contributed by atoms with Crippen LogP contribution in [0.5, 0.6) is 0 Å². The highest BCUT2D eigenvalue weighted by Crippen LogP contribution is 2.20. The molecule has 0 fully saturated rings. The molecule has 0 bridgehead atoms. The molecule has 3 N–H and O–H groups in total. The summed E-state index contributed by atoms with van der Waals surface area (Å²) in [5.74, 6) is -1.70. The highest BCUT2D eigenvalue weighted by atomic mass is 16.4. The van der Waals surface area contributed by atoms with Gasteiger partial charge in [0.25, 0.3) is 0 Å². The minimum Gasteiger partial charge on any atom is -0.481 e. The maximum Gasteiger partial charge on any atom is 0.305 e. The van der Waals surface area contributed by atoms with Crippen LogP contribution in [0.25, 0.3) is 0 Å². The summed E-state index contributed by atoms with van der Waals surface area (Å²) in [6, 6.07) is 15.9. The van der Waals surface area contributed by atoms with Crippen LogP contribution in [0, 0.1) is 6.92 Å². The molecule has 0 heterocycles. The number of hydrogen-bond donors (Lipinski definition) is 3. The van der Waals surface area contributed by atoms with Crippen molar-refractivity contribution in [1.82, 2.24) is 10.6 Å². The van der Waals surface area contributed by atoms with E-state index >= 15 is 0 Å². The van der Waals surface area contributed by atoms with Gasteiger partial charge in [0.1, 0.15) is 0 Å². The minimum absolute atomic E-state index is 0.185. The van der Waals surface area contributed by atoms with Crippen molar-refractivity contribution in [2.75, 3.05) is 6.54 Å². The van der Waals surface area contributed by atoms with E-state index in [1.165, 1.54) is 0 Å². The van der Waals surface area contributed by atoms with Gasteiger partial charge in [-0.1, -0.05) is 54.6 Å². The Hall–Kier alpha value is -3.15. The first kappa shape index (κ1) is 19.2. The molecule has 0 saturated carbocycles. The van der Waals surface area contributed by atoms with Gasteiger partial charge in [-0.05, 0) is 23.6 Å². The number of aliphatic carboxylic acids is 1. The van der Waals surface area contributed by atoms with Gasteiger partial charge in [-0.2, -0.15) is 0 Å². The van der Waals surface area contributed by atoms with Crippen molar-refractivity contribution in [3.8, 4) is 0 Å². The summed E-state index contributed by atoms with van der Waals surface area (Å²) in [5.41, 5.74) is 2.50. The van der Waals surface area contributed by atoms with Crippen LogP contribution < -0.4 is 10.6 Å². The van der Waals surface area contributed by atoms with Gasteiger partial charge in [0, 0.05) is 0 Å². The summed E-state index contributed by atoms with van der Waals surface area (Å²) in [4.78, 5) is 35.2. The molecule has 6 heteroatoms. The Labute approximate surface area is 152 Å². The number of carbonyl (C=O) groups excluding carboxylic acids is 2. The molecule has 0 aliphatic carbocycles. The molecule has 2 amide bonds. The quantitative estimate of drug-likeness (QED) is 0.675. The fourth-order valence-corrected chi connectivity index (χ4v) is 2.66. The van der Waals surface area contributed by atoms with Crippen LogP contribution in [0.15, 0.2) is 54.6 Å².